The van der Waals surface area contributed by atoms with Gasteiger partial charge in [0, 0.05) is 5.56 Å². The Hall–Kier alpha value is -2.35. The van der Waals surface area contributed by atoms with Gasteiger partial charge in [-0.25, -0.2) is 5.84 Å². The smallest absolute Gasteiger partial charge is 0.406 e. The normalized spacial score (nSPS) is 11.2. The van der Waals surface area contributed by atoms with E-state index < -0.39 is 6.36 Å². The minimum Gasteiger partial charge on any atom is -0.406 e. The van der Waals surface area contributed by atoms with Crippen molar-refractivity contribution in [1.29, 1.82) is 0 Å². The molecule has 0 bridgehead atoms. The predicted molar refractivity (Wildman–Crippen MR) is 66.7 cm³/mol. The van der Waals surface area contributed by atoms with Crippen LogP contribution in [0.3, 0.4) is 0 Å². The van der Waals surface area contributed by atoms with Crippen LogP contribution in [0, 0.1) is 6.92 Å². The quantitative estimate of drug-likeness (QED) is 0.669. The molecule has 2 aromatic rings. The monoisotopic (exact) mass is 284 g/mol. The first-order valence-corrected chi connectivity index (χ1v) is 5.56. The van der Waals surface area contributed by atoms with Crippen molar-refractivity contribution < 1.29 is 17.9 Å². The zero-order valence-corrected chi connectivity index (χ0v) is 10.4. The summed E-state index contributed by atoms with van der Waals surface area (Å²) < 4.78 is 39.9. The molecule has 0 aliphatic rings. The fourth-order valence-electron chi connectivity index (χ4n) is 1.60. The van der Waals surface area contributed by atoms with Gasteiger partial charge in [0.1, 0.15) is 5.75 Å². The standard InChI is InChI=1S/C12H11F3N4O/c1-7-6-10(18-19-11(7)17-16)8-2-4-9(5-3-8)20-12(13,14)15/h2-6H,16H2,1H3,(H,17,19). The van der Waals surface area contributed by atoms with Gasteiger partial charge in [-0.3, -0.25) is 0 Å². The number of ether oxygens (including phenoxy) is 1. The van der Waals surface area contributed by atoms with Crippen molar-refractivity contribution in [3.8, 4) is 17.0 Å². The molecule has 0 atom stereocenters. The Morgan fingerprint density at radius 1 is 1.15 bits per heavy atom. The van der Waals surface area contributed by atoms with Crippen LogP contribution >= 0.6 is 0 Å². The van der Waals surface area contributed by atoms with Gasteiger partial charge in [-0.15, -0.1) is 23.4 Å². The van der Waals surface area contributed by atoms with Crippen LogP contribution in [0.25, 0.3) is 11.3 Å². The summed E-state index contributed by atoms with van der Waals surface area (Å²) in [5, 5.41) is 7.79. The van der Waals surface area contributed by atoms with E-state index in [9.17, 15) is 13.2 Å². The van der Waals surface area contributed by atoms with Crippen LogP contribution < -0.4 is 16.0 Å². The first-order valence-electron chi connectivity index (χ1n) is 5.56. The number of nitrogen functional groups attached to an aromatic ring is 1. The van der Waals surface area contributed by atoms with Crippen LogP contribution in [-0.2, 0) is 0 Å². The first-order chi connectivity index (χ1) is 9.39. The highest BCUT2D eigenvalue weighted by molar-refractivity contribution is 5.62. The molecular weight excluding hydrogens is 273 g/mol. The SMILES string of the molecule is Cc1cc(-c2ccc(OC(F)(F)F)cc2)nnc1NN. The number of halogens is 3. The maximum atomic E-state index is 12.0. The Labute approximate surface area is 112 Å². The molecule has 5 nitrogen and oxygen atoms in total. The summed E-state index contributed by atoms with van der Waals surface area (Å²) in [6.07, 6.45) is -4.70. The highest BCUT2D eigenvalue weighted by Gasteiger charge is 2.30. The Morgan fingerprint density at radius 2 is 1.80 bits per heavy atom. The molecule has 8 heteroatoms. The van der Waals surface area contributed by atoms with Gasteiger partial charge in [-0.2, -0.15) is 0 Å². The number of alkyl halides is 3. The molecular formula is C12H11F3N4O. The van der Waals surface area contributed by atoms with Crippen LogP contribution in [0.1, 0.15) is 5.56 Å². The maximum Gasteiger partial charge on any atom is 0.573 e. The fraction of sp³-hybridized carbons (Fsp3) is 0.167. The minimum atomic E-state index is -4.70. The van der Waals surface area contributed by atoms with Crippen molar-refractivity contribution in [3.05, 3.63) is 35.9 Å². The molecule has 3 N–H and O–H groups in total. The molecule has 0 radical (unpaired) electrons. The molecule has 106 valence electrons. The molecule has 1 aromatic carbocycles. The average molecular weight is 284 g/mol. The lowest BCUT2D eigenvalue weighted by atomic mass is 10.1. The van der Waals surface area contributed by atoms with Gasteiger partial charge >= 0.3 is 6.36 Å². The number of rotatable bonds is 3. The molecule has 1 aromatic heterocycles. The first kappa shape index (κ1) is 14.1. The number of nitrogens with zero attached hydrogens (tertiary/aromatic N) is 2. The molecule has 0 spiro atoms. The van der Waals surface area contributed by atoms with E-state index in [0.717, 1.165) is 5.56 Å². The van der Waals surface area contributed by atoms with Gasteiger partial charge in [0.15, 0.2) is 5.82 Å². The molecule has 0 saturated heterocycles. The van der Waals surface area contributed by atoms with E-state index >= 15 is 0 Å². The molecule has 20 heavy (non-hydrogen) atoms. The lowest BCUT2D eigenvalue weighted by molar-refractivity contribution is -0.274. The number of nitrogens with one attached hydrogen (secondary N) is 1. The lowest BCUT2D eigenvalue weighted by Gasteiger charge is -2.09. The van der Waals surface area contributed by atoms with Crippen LogP contribution in [0.4, 0.5) is 19.0 Å². The van der Waals surface area contributed by atoms with E-state index in [-0.39, 0.29) is 5.75 Å². The second-order valence-electron chi connectivity index (χ2n) is 3.98. The summed E-state index contributed by atoms with van der Waals surface area (Å²) in [5.41, 5.74) is 4.31. The van der Waals surface area contributed by atoms with Crippen molar-refractivity contribution in [2.24, 2.45) is 5.84 Å². The van der Waals surface area contributed by atoms with E-state index in [0.29, 0.717) is 17.1 Å². The van der Waals surface area contributed by atoms with E-state index in [1.165, 1.54) is 24.3 Å². The third-order valence-electron chi connectivity index (χ3n) is 2.50. The Kier molecular flexibility index (Phi) is 3.75. The molecule has 0 unspecified atom stereocenters. The van der Waals surface area contributed by atoms with E-state index in [4.69, 9.17) is 5.84 Å². The molecule has 0 saturated carbocycles. The van der Waals surface area contributed by atoms with E-state index in [2.05, 4.69) is 20.4 Å². The zero-order valence-electron chi connectivity index (χ0n) is 10.4. The van der Waals surface area contributed by atoms with Crippen molar-refractivity contribution >= 4 is 5.82 Å². The second-order valence-corrected chi connectivity index (χ2v) is 3.98. The maximum absolute atomic E-state index is 12.0. The highest BCUT2D eigenvalue weighted by atomic mass is 19.4. The minimum absolute atomic E-state index is 0.286. The highest BCUT2D eigenvalue weighted by Crippen LogP contribution is 2.26. The lowest BCUT2D eigenvalue weighted by Crippen LogP contribution is -2.16. The molecule has 0 aliphatic heterocycles. The van der Waals surface area contributed by atoms with Crippen molar-refractivity contribution in [3.63, 3.8) is 0 Å². The van der Waals surface area contributed by atoms with Gasteiger partial charge in [-0.05, 0) is 42.8 Å². The topological polar surface area (TPSA) is 73.1 Å². The van der Waals surface area contributed by atoms with E-state index in [1.807, 2.05) is 0 Å². The van der Waals surface area contributed by atoms with Crippen LogP contribution in [0.15, 0.2) is 30.3 Å². The number of aromatic nitrogens is 2. The summed E-state index contributed by atoms with van der Waals surface area (Å²) >= 11 is 0. The summed E-state index contributed by atoms with van der Waals surface area (Å²) in [4.78, 5) is 0. The Bertz CT molecular complexity index is 599. The summed E-state index contributed by atoms with van der Waals surface area (Å²) in [6.45, 7) is 1.79. The van der Waals surface area contributed by atoms with Gasteiger partial charge in [-0.1, -0.05) is 0 Å². The van der Waals surface area contributed by atoms with Crippen molar-refractivity contribution in [2.45, 2.75) is 13.3 Å². The molecule has 2 rings (SSSR count). The van der Waals surface area contributed by atoms with Gasteiger partial charge in [0.2, 0.25) is 0 Å². The van der Waals surface area contributed by atoms with Gasteiger partial charge < -0.3 is 10.2 Å². The largest absolute Gasteiger partial charge is 0.573 e. The van der Waals surface area contributed by atoms with Crippen LogP contribution in [-0.4, -0.2) is 16.6 Å². The number of hydrogen-bond acceptors (Lipinski definition) is 5. The third-order valence-corrected chi connectivity index (χ3v) is 2.50. The fourth-order valence-corrected chi connectivity index (χ4v) is 1.60. The number of anilines is 1. The number of nitrogens with two attached hydrogens (primary N) is 1. The number of benzene rings is 1. The molecule has 1 heterocycles. The number of aryl methyl sites for hydroxylation is 1. The summed E-state index contributed by atoms with van der Waals surface area (Å²) in [6, 6.07) is 7.10. The zero-order chi connectivity index (χ0) is 14.8. The summed E-state index contributed by atoms with van der Waals surface area (Å²) in [5.74, 6) is 5.39. The third kappa shape index (κ3) is 3.35. The Morgan fingerprint density at radius 3 is 2.30 bits per heavy atom. The van der Waals surface area contributed by atoms with E-state index in [1.54, 1.807) is 13.0 Å². The average Bonchev–Trinajstić information content (AvgIpc) is 2.37. The summed E-state index contributed by atoms with van der Waals surface area (Å²) in [7, 11) is 0. The molecule has 0 aliphatic carbocycles. The number of hydrogen-bond donors (Lipinski definition) is 2. The van der Waals surface area contributed by atoms with Gasteiger partial charge in [0.05, 0.1) is 5.69 Å². The van der Waals surface area contributed by atoms with Crippen LogP contribution in [0.2, 0.25) is 0 Å². The van der Waals surface area contributed by atoms with Gasteiger partial charge in [0.25, 0.3) is 0 Å². The number of hydrazine groups is 1. The predicted octanol–water partition coefficient (Wildman–Crippen LogP) is 2.64. The van der Waals surface area contributed by atoms with Crippen molar-refractivity contribution in [1.82, 2.24) is 10.2 Å². The Balaban J connectivity index is 2.24. The molecule has 0 amide bonds. The molecule has 0 fully saturated rings. The van der Waals surface area contributed by atoms with Crippen molar-refractivity contribution in [2.75, 3.05) is 5.43 Å². The van der Waals surface area contributed by atoms with Crippen LogP contribution in [0.5, 0.6) is 5.75 Å². The second kappa shape index (κ2) is 5.33.